The zero-order valence-corrected chi connectivity index (χ0v) is 17.8. The fourth-order valence-electron chi connectivity index (χ4n) is 2.70. The minimum absolute atomic E-state index is 0. The Morgan fingerprint density at radius 1 is 0.591 bits per heavy atom. The Morgan fingerprint density at radius 2 is 0.818 bits per heavy atom. The van der Waals surface area contributed by atoms with Crippen molar-refractivity contribution in [2.24, 2.45) is 0 Å². The van der Waals surface area contributed by atoms with Crippen LogP contribution >= 0.6 is 0 Å². The van der Waals surface area contributed by atoms with Crippen LogP contribution in [-0.4, -0.2) is 0 Å². The summed E-state index contributed by atoms with van der Waals surface area (Å²) in [5.41, 5.74) is 14.1. The first-order valence-electron chi connectivity index (χ1n) is 7.35. The van der Waals surface area contributed by atoms with Crippen LogP contribution in [0.25, 0.3) is 0 Å². The number of hydrogen-bond donors (Lipinski definition) is 0. The van der Waals surface area contributed by atoms with Crippen LogP contribution in [-0.2, 0) is 21.7 Å². The van der Waals surface area contributed by atoms with Gasteiger partial charge in [0.25, 0.3) is 0 Å². The summed E-state index contributed by atoms with van der Waals surface area (Å²) in [6, 6.07) is 0. The van der Waals surface area contributed by atoms with Crippen molar-refractivity contribution in [3.63, 3.8) is 0 Å². The summed E-state index contributed by atoms with van der Waals surface area (Å²) in [5.74, 6) is 0. The second kappa shape index (κ2) is 8.80. The first-order chi connectivity index (χ1) is 9.11. The van der Waals surface area contributed by atoms with Crippen molar-refractivity contribution in [2.45, 2.75) is 62.3 Å². The van der Waals surface area contributed by atoms with Gasteiger partial charge in [-0.3, -0.25) is 29.2 Å². The Kier molecular flexibility index (Phi) is 9.42. The second-order valence-electron chi connectivity index (χ2n) is 6.10. The summed E-state index contributed by atoms with van der Waals surface area (Å²) < 4.78 is 0. The van der Waals surface area contributed by atoms with E-state index in [2.05, 4.69) is 69.2 Å². The van der Waals surface area contributed by atoms with Gasteiger partial charge in [0.15, 0.2) is 0 Å². The van der Waals surface area contributed by atoms with Crippen molar-refractivity contribution < 1.29 is 21.7 Å². The van der Waals surface area contributed by atoms with Gasteiger partial charge in [-0.1, -0.05) is 34.6 Å². The molecule has 2 aromatic carbocycles. The summed E-state index contributed by atoms with van der Waals surface area (Å²) in [4.78, 5) is 0. The maximum absolute atomic E-state index is 4.00. The molecule has 0 amide bonds. The molecule has 0 aliphatic carbocycles. The molecule has 0 bridgehead atoms. The minimum Gasteiger partial charge on any atom is -0.358 e. The van der Waals surface area contributed by atoms with Gasteiger partial charge in [0.1, 0.15) is 0 Å². The molecule has 22 heavy (non-hydrogen) atoms. The summed E-state index contributed by atoms with van der Waals surface area (Å²) in [5, 5.41) is 0. The fourth-order valence-corrected chi connectivity index (χ4v) is 2.70. The van der Waals surface area contributed by atoms with Gasteiger partial charge in [0.2, 0.25) is 0 Å². The van der Waals surface area contributed by atoms with Gasteiger partial charge < -0.3 is 13.0 Å². The maximum atomic E-state index is 4.00. The summed E-state index contributed by atoms with van der Waals surface area (Å²) in [6.45, 7) is 23.6. The van der Waals surface area contributed by atoms with Crippen LogP contribution in [0, 0.1) is 76.7 Å². The summed E-state index contributed by atoms with van der Waals surface area (Å²) >= 11 is 0. The molecule has 0 N–H and O–H groups in total. The molecule has 2 rings (SSSR count). The largest absolute Gasteiger partial charge is 0.358 e. The van der Waals surface area contributed by atoms with E-state index in [1.165, 1.54) is 55.6 Å². The van der Waals surface area contributed by atoms with Crippen LogP contribution in [0.2, 0.25) is 0 Å². The van der Waals surface area contributed by atoms with Crippen LogP contribution in [0.5, 0.6) is 0 Å². The van der Waals surface area contributed by atoms with Crippen molar-refractivity contribution in [1.29, 1.82) is 0 Å². The second-order valence-corrected chi connectivity index (χ2v) is 6.10. The molecule has 0 atom stereocenters. The molecule has 0 saturated heterocycles. The van der Waals surface area contributed by atoms with E-state index in [-0.39, 0.29) is 29.1 Å². The molecule has 2 aromatic rings. The van der Waals surface area contributed by atoms with Gasteiger partial charge in [-0.25, -0.2) is 0 Å². The zero-order valence-electron chi connectivity index (χ0n) is 16.2. The van der Waals surface area contributed by atoms with Crippen molar-refractivity contribution >= 4 is 0 Å². The normalized spacial score (nSPS) is 9.50. The predicted molar refractivity (Wildman–Crippen MR) is 97.6 cm³/mol. The van der Waals surface area contributed by atoms with E-state index in [0.717, 1.165) is 0 Å². The van der Waals surface area contributed by atoms with E-state index in [0.29, 0.717) is 0 Å². The Hall–Kier alpha value is -0.716. The van der Waals surface area contributed by atoms with Crippen molar-refractivity contribution in [2.75, 3.05) is 0 Å². The minimum atomic E-state index is 0. The van der Waals surface area contributed by atoms with Crippen molar-refractivity contribution in [1.82, 2.24) is 0 Å². The molecule has 1 heteroatoms. The smallest absolute Gasteiger partial charge is 0 e. The molecule has 0 aliphatic rings. The van der Waals surface area contributed by atoms with Crippen LogP contribution < -0.4 is 0 Å². The quantitative estimate of drug-likeness (QED) is 0.397. The fraction of sp³-hybridized carbons (Fsp3) is 0.429. The Bertz CT molecular complexity index is 404. The van der Waals surface area contributed by atoms with Gasteiger partial charge in [-0.2, -0.15) is 27.8 Å². The molecule has 0 nitrogen and oxygen atoms in total. The maximum Gasteiger partial charge on any atom is 0 e. The van der Waals surface area contributed by atoms with Gasteiger partial charge in [-0.15, -0.1) is 27.7 Å². The average molecular weight is 332 g/mol. The molecule has 0 saturated carbocycles. The Balaban J connectivity index is 0. The monoisotopic (exact) mass is 332 g/mol. The van der Waals surface area contributed by atoms with Crippen LogP contribution in [0.3, 0.4) is 0 Å². The molecular formula is C21H32Ti-4. The predicted octanol–water partition coefficient (Wildman–Crippen LogP) is 6.22. The first-order valence-corrected chi connectivity index (χ1v) is 7.35. The SMILES string of the molecule is Cc1c(C)c(C)[c-](C)c1C.[CH2-][c-]1c(C)c(C)c(C)c1C.[CH3-].[Ti]. The number of rotatable bonds is 0. The van der Waals surface area contributed by atoms with Crippen LogP contribution in [0.1, 0.15) is 55.6 Å². The van der Waals surface area contributed by atoms with E-state index < -0.39 is 0 Å². The topological polar surface area (TPSA) is 0 Å². The van der Waals surface area contributed by atoms with E-state index in [4.69, 9.17) is 0 Å². The molecule has 0 heterocycles. The Labute approximate surface area is 153 Å². The van der Waals surface area contributed by atoms with E-state index >= 15 is 0 Å². The standard InChI is InChI=1S/C10H15.C10H14.CH3.Ti/c2*1-6-7(2)9(4)10(5)8(6)3;;/h1-5H3;1H2,2-5H3;1H3;/q-1;-2;-1;. The van der Waals surface area contributed by atoms with Crippen LogP contribution in [0.4, 0.5) is 0 Å². The van der Waals surface area contributed by atoms with Crippen LogP contribution in [0.15, 0.2) is 0 Å². The number of hydrogen-bond acceptors (Lipinski definition) is 0. The van der Waals surface area contributed by atoms with Gasteiger partial charge in [-0.05, 0) is 0 Å². The third kappa shape index (κ3) is 4.18. The summed E-state index contributed by atoms with van der Waals surface area (Å²) in [6.07, 6.45) is 0. The molecular weight excluding hydrogens is 300 g/mol. The van der Waals surface area contributed by atoms with Crippen molar-refractivity contribution in [3.8, 4) is 0 Å². The molecule has 0 aliphatic heterocycles. The molecule has 124 valence electrons. The van der Waals surface area contributed by atoms with E-state index in [1.807, 2.05) is 0 Å². The van der Waals surface area contributed by atoms with E-state index in [1.54, 1.807) is 0 Å². The molecule has 0 radical (unpaired) electrons. The molecule has 0 unspecified atom stereocenters. The van der Waals surface area contributed by atoms with Gasteiger partial charge >= 0.3 is 0 Å². The molecule has 0 aromatic heterocycles. The zero-order chi connectivity index (χ0) is 15.8. The first kappa shape index (κ1) is 23.5. The third-order valence-electron chi connectivity index (χ3n) is 5.41. The molecule has 0 fully saturated rings. The van der Waals surface area contributed by atoms with Crippen molar-refractivity contribution in [3.05, 3.63) is 70.0 Å². The summed E-state index contributed by atoms with van der Waals surface area (Å²) in [7, 11) is 0. The van der Waals surface area contributed by atoms with E-state index in [9.17, 15) is 0 Å². The molecule has 0 spiro atoms. The Morgan fingerprint density at radius 3 is 0.909 bits per heavy atom. The third-order valence-corrected chi connectivity index (χ3v) is 5.41. The van der Waals surface area contributed by atoms with Gasteiger partial charge in [0.05, 0.1) is 0 Å². The average Bonchev–Trinajstić information content (AvgIpc) is 2.71. The van der Waals surface area contributed by atoms with Gasteiger partial charge in [0, 0.05) is 21.7 Å².